The Bertz CT molecular complexity index is 1380. The van der Waals surface area contributed by atoms with Gasteiger partial charge in [0, 0.05) is 41.9 Å². The summed E-state index contributed by atoms with van der Waals surface area (Å²) in [6, 6.07) is 21.2. The van der Waals surface area contributed by atoms with Gasteiger partial charge in [-0.3, -0.25) is 4.79 Å². The molecule has 1 heterocycles. The van der Waals surface area contributed by atoms with Gasteiger partial charge in [-0.2, -0.15) is 15.8 Å². The summed E-state index contributed by atoms with van der Waals surface area (Å²) in [7, 11) is 0. The zero-order chi connectivity index (χ0) is 25.8. The van der Waals surface area contributed by atoms with Crippen LogP contribution in [0.3, 0.4) is 0 Å². The first-order valence-corrected chi connectivity index (χ1v) is 13.0. The number of nitriles is 3. The fourth-order valence-electron chi connectivity index (χ4n) is 4.07. The third-order valence-electron chi connectivity index (χ3n) is 5.94. The Morgan fingerprint density at radius 2 is 1.56 bits per heavy atom. The molecular formula is C30H28N4OS. The van der Waals surface area contributed by atoms with E-state index in [9.17, 15) is 10.1 Å². The highest BCUT2D eigenvalue weighted by molar-refractivity contribution is 8.13. The van der Waals surface area contributed by atoms with Crippen molar-refractivity contribution in [3.05, 3.63) is 82.9 Å². The largest absolute Gasteiger partial charge is 0.347 e. The van der Waals surface area contributed by atoms with Crippen molar-refractivity contribution >= 4 is 39.3 Å². The monoisotopic (exact) mass is 492 g/mol. The van der Waals surface area contributed by atoms with Crippen molar-refractivity contribution in [2.75, 3.05) is 17.2 Å². The molecule has 0 N–H and O–H groups in total. The van der Waals surface area contributed by atoms with Gasteiger partial charge in [0.25, 0.3) is 0 Å². The molecule has 6 heteroatoms. The third kappa shape index (κ3) is 7.22. The Balaban J connectivity index is 1.73. The normalized spacial score (nSPS) is 12.8. The summed E-state index contributed by atoms with van der Waals surface area (Å²) < 4.78 is 0. The first-order valence-electron chi connectivity index (χ1n) is 12.0. The third-order valence-corrected chi connectivity index (χ3v) is 6.84. The highest BCUT2D eigenvalue weighted by Crippen LogP contribution is 2.33. The number of anilines is 1. The van der Waals surface area contributed by atoms with Crippen LogP contribution in [0, 0.1) is 34.0 Å². The molecule has 0 spiro atoms. The Morgan fingerprint density at radius 3 is 2.25 bits per heavy atom. The molecule has 2 aromatic carbocycles. The van der Waals surface area contributed by atoms with Gasteiger partial charge in [-0.1, -0.05) is 73.5 Å². The zero-order valence-electron chi connectivity index (χ0n) is 20.4. The maximum atomic E-state index is 11.0. The minimum absolute atomic E-state index is 0.0506. The number of hydrogen-bond donors (Lipinski definition) is 0. The molecule has 0 atom stereocenters. The topological polar surface area (TPSA) is 91.7 Å². The van der Waals surface area contributed by atoms with E-state index in [4.69, 9.17) is 10.5 Å². The average Bonchev–Trinajstić information content (AvgIpc) is 2.90. The molecule has 0 saturated heterocycles. The van der Waals surface area contributed by atoms with E-state index >= 15 is 0 Å². The molecular weight excluding hydrogens is 464 g/mol. The average molecular weight is 493 g/mol. The molecule has 0 fully saturated rings. The molecule has 0 saturated carbocycles. The fourth-order valence-corrected chi connectivity index (χ4v) is 4.70. The molecule has 0 aliphatic carbocycles. The SMILES string of the molecule is CC(=O)SCCCCCCCN1C=C/C(=C/C(C#N)=c2ccc(=C(C#N)C#N)cc2)c2ccccc21. The number of unbranched alkanes of at least 4 members (excludes halogenated alkanes) is 4. The van der Waals surface area contributed by atoms with E-state index in [1.165, 1.54) is 18.2 Å². The van der Waals surface area contributed by atoms with Crippen molar-refractivity contribution in [3.8, 4) is 18.2 Å². The number of thioether (sulfide) groups is 1. The lowest BCUT2D eigenvalue weighted by Gasteiger charge is -2.27. The van der Waals surface area contributed by atoms with Crippen LogP contribution in [0.15, 0.2) is 66.9 Å². The van der Waals surface area contributed by atoms with Gasteiger partial charge >= 0.3 is 0 Å². The minimum atomic E-state index is 0.0506. The number of fused-ring (bicyclic) bond motifs is 1. The summed E-state index contributed by atoms with van der Waals surface area (Å²) >= 11 is 1.41. The standard InChI is InChI=1S/C30H28N4OS/c1-23(35)36-18-8-4-2-3-7-16-34-17-15-26(29-9-5-6-10-30(29)34)19-27(20-31)24-11-13-25(14-12-24)28(21-32)22-33/h5-6,9-15,17,19H,2-4,7-8,16,18H2,1H3/b26-19-. The highest BCUT2D eigenvalue weighted by atomic mass is 32.2. The zero-order valence-corrected chi connectivity index (χ0v) is 21.2. The molecule has 1 aliphatic heterocycles. The van der Waals surface area contributed by atoms with Crippen LogP contribution in [0.2, 0.25) is 0 Å². The maximum Gasteiger partial charge on any atom is 0.185 e. The van der Waals surface area contributed by atoms with Gasteiger partial charge in [0.05, 0.1) is 11.6 Å². The van der Waals surface area contributed by atoms with E-state index in [0.717, 1.165) is 60.0 Å². The number of benzene rings is 2. The summed E-state index contributed by atoms with van der Waals surface area (Å²) in [4.78, 5) is 13.3. The Morgan fingerprint density at radius 1 is 0.889 bits per heavy atom. The molecule has 0 amide bonds. The number of nitrogens with zero attached hydrogens (tertiary/aromatic N) is 4. The summed E-state index contributed by atoms with van der Waals surface area (Å²) in [5.74, 6) is 0.914. The molecule has 5 nitrogen and oxygen atoms in total. The molecule has 3 rings (SSSR count). The second-order valence-corrected chi connectivity index (χ2v) is 9.71. The summed E-state index contributed by atoms with van der Waals surface area (Å²) in [6.45, 7) is 2.55. The lowest BCUT2D eigenvalue weighted by molar-refractivity contribution is -0.109. The molecule has 180 valence electrons. The van der Waals surface area contributed by atoms with Crippen molar-refractivity contribution in [1.82, 2.24) is 0 Å². The van der Waals surface area contributed by atoms with E-state index in [1.54, 1.807) is 31.2 Å². The number of para-hydroxylation sites is 1. The highest BCUT2D eigenvalue weighted by Gasteiger charge is 2.16. The predicted molar refractivity (Wildman–Crippen MR) is 146 cm³/mol. The van der Waals surface area contributed by atoms with Crippen LogP contribution >= 0.6 is 11.8 Å². The number of allylic oxidation sites excluding steroid dienone is 3. The van der Waals surface area contributed by atoms with Gasteiger partial charge in [-0.25, -0.2) is 0 Å². The summed E-state index contributed by atoms with van der Waals surface area (Å²) in [6.07, 6.45) is 11.7. The van der Waals surface area contributed by atoms with Crippen LogP contribution in [0.4, 0.5) is 5.69 Å². The molecule has 1 aliphatic rings. The van der Waals surface area contributed by atoms with Crippen LogP contribution in [0.1, 0.15) is 44.6 Å². The first kappa shape index (κ1) is 26.6. The van der Waals surface area contributed by atoms with Gasteiger partial charge < -0.3 is 4.90 Å². The Labute approximate surface area is 217 Å². The molecule has 0 bridgehead atoms. The van der Waals surface area contributed by atoms with Crippen LogP contribution in [0.5, 0.6) is 0 Å². The van der Waals surface area contributed by atoms with Crippen LogP contribution < -0.4 is 15.3 Å². The fraction of sp³-hybridized carbons (Fsp3) is 0.267. The van der Waals surface area contributed by atoms with Crippen molar-refractivity contribution in [2.24, 2.45) is 0 Å². The van der Waals surface area contributed by atoms with E-state index in [2.05, 4.69) is 29.3 Å². The summed E-state index contributed by atoms with van der Waals surface area (Å²) in [5, 5.41) is 29.4. The molecule has 0 unspecified atom stereocenters. The van der Waals surface area contributed by atoms with E-state index in [1.807, 2.05) is 36.4 Å². The molecule has 2 aromatic rings. The predicted octanol–water partition coefficient (Wildman–Crippen LogP) is 5.21. The van der Waals surface area contributed by atoms with Gasteiger partial charge in [-0.15, -0.1) is 0 Å². The number of carbonyl (C=O) groups excluding carboxylic acids is 1. The van der Waals surface area contributed by atoms with Crippen LogP contribution in [-0.4, -0.2) is 17.4 Å². The minimum Gasteiger partial charge on any atom is -0.347 e. The first-order chi connectivity index (χ1) is 17.6. The van der Waals surface area contributed by atoms with Gasteiger partial charge in [0.15, 0.2) is 5.12 Å². The molecule has 0 aromatic heterocycles. The maximum absolute atomic E-state index is 11.0. The second kappa shape index (κ2) is 13.7. The van der Waals surface area contributed by atoms with Gasteiger partial charge in [0.2, 0.25) is 0 Å². The number of rotatable bonds is 9. The Kier molecular flexibility index (Phi) is 10.1. The van der Waals surface area contributed by atoms with E-state index in [-0.39, 0.29) is 10.7 Å². The lowest BCUT2D eigenvalue weighted by Crippen LogP contribution is -2.21. The molecule has 36 heavy (non-hydrogen) atoms. The van der Waals surface area contributed by atoms with Gasteiger partial charge in [0.1, 0.15) is 17.7 Å². The van der Waals surface area contributed by atoms with Crippen LogP contribution in [-0.2, 0) is 4.79 Å². The summed E-state index contributed by atoms with van der Waals surface area (Å²) in [5.41, 5.74) is 3.73. The van der Waals surface area contributed by atoms with Crippen LogP contribution in [0.25, 0.3) is 16.7 Å². The second-order valence-electron chi connectivity index (χ2n) is 8.44. The van der Waals surface area contributed by atoms with Crippen molar-refractivity contribution < 1.29 is 4.79 Å². The van der Waals surface area contributed by atoms with E-state index < -0.39 is 0 Å². The molecule has 0 radical (unpaired) electrons. The van der Waals surface area contributed by atoms with Gasteiger partial charge in [-0.05, 0) is 41.9 Å². The lowest BCUT2D eigenvalue weighted by atomic mass is 9.97. The van der Waals surface area contributed by atoms with Crippen molar-refractivity contribution in [2.45, 2.75) is 39.0 Å². The van der Waals surface area contributed by atoms with E-state index in [0.29, 0.717) is 10.8 Å². The van der Waals surface area contributed by atoms with Crippen molar-refractivity contribution in [1.29, 1.82) is 15.8 Å². The Hall–Kier alpha value is -4.05. The smallest absolute Gasteiger partial charge is 0.185 e. The van der Waals surface area contributed by atoms with Crippen molar-refractivity contribution in [3.63, 3.8) is 0 Å². The quantitative estimate of drug-likeness (QED) is 0.447. The number of hydrogen-bond acceptors (Lipinski definition) is 6. The number of carbonyl (C=O) groups is 1.